The number of aromatic nitrogens is 4. The Bertz CT molecular complexity index is 1110. The summed E-state index contributed by atoms with van der Waals surface area (Å²) in [6.45, 7) is 0. The minimum Gasteiger partial charge on any atom is -0.497 e. The summed E-state index contributed by atoms with van der Waals surface area (Å²) < 4.78 is 7.14. The SMILES string of the molecule is COc1ccc(CC(=O)CSc2nnc(-c3ccncc3)n2-c2ccccc2)cc1. The lowest BCUT2D eigenvalue weighted by Crippen LogP contribution is -2.07. The fourth-order valence-electron chi connectivity index (χ4n) is 3.03. The quantitative estimate of drug-likeness (QED) is 0.400. The predicted molar refractivity (Wildman–Crippen MR) is 117 cm³/mol. The highest BCUT2D eigenvalue weighted by molar-refractivity contribution is 7.99. The smallest absolute Gasteiger partial charge is 0.196 e. The lowest BCUT2D eigenvalue weighted by atomic mass is 10.1. The molecule has 0 radical (unpaired) electrons. The van der Waals surface area contributed by atoms with Crippen molar-refractivity contribution in [3.8, 4) is 22.8 Å². The molecule has 0 saturated carbocycles. The lowest BCUT2D eigenvalue weighted by Gasteiger charge is -2.10. The van der Waals surface area contributed by atoms with E-state index in [-0.39, 0.29) is 5.78 Å². The summed E-state index contributed by atoms with van der Waals surface area (Å²) >= 11 is 1.39. The highest BCUT2D eigenvalue weighted by Gasteiger charge is 2.17. The van der Waals surface area contributed by atoms with Crippen molar-refractivity contribution in [2.45, 2.75) is 11.6 Å². The molecule has 0 fully saturated rings. The summed E-state index contributed by atoms with van der Waals surface area (Å²) in [4.78, 5) is 16.6. The zero-order chi connectivity index (χ0) is 20.8. The van der Waals surface area contributed by atoms with Crippen LogP contribution < -0.4 is 4.74 Å². The van der Waals surface area contributed by atoms with Gasteiger partial charge in [0.25, 0.3) is 0 Å². The largest absolute Gasteiger partial charge is 0.497 e. The van der Waals surface area contributed by atoms with E-state index in [2.05, 4.69) is 15.2 Å². The third-order valence-electron chi connectivity index (χ3n) is 4.51. The summed E-state index contributed by atoms with van der Waals surface area (Å²) in [6, 6.07) is 21.2. The fourth-order valence-corrected chi connectivity index (χ4v) is 3.84. The Morgan fingerprint density at radius 2 is 1.70 bits per heavy atom. The van der Waals surface area contributed by atoms with Gasteiger partial charge in [-0.05, 0) is 42.0 Å². The van der Waals surface area contributed by atoms with Crippen LogP contribution in [0.15, 0.2) is 84.3 Å². The Hall–Kier alpha value is -3.45. The van der Waals surface area contributed by atoms with E-state index in [9.17, 15) is 4.79 Å². The summed E-state index contributed by atoms with van der Waals surface area (Å²) in [5, 5.41) is 9.42. The molecule has 0 bridgehead atoms. The van der Waals surface area contributed by atoms with Gasteiger partial charge < -0.3 is 4.74 Å². The number of benzene rings is 2. The molecule has 0 aliphatic heterocycles. The van der Waals surface area contributed by atoms with Crippen molar-refractivity contribution in [2.75, 3.05) is 12.9 Å². The molecule has 30 heavy (non-hydrogen) atoms. The Balaban J connectivity index is 1.54. The first-order valence-corrected chi connectivity index (χ1v) is 10.4. The number of para-hydroxylation sites is 1. The molecule has 2 heterocycles. The van der Waals surface area contributed by atoms with Crippen LogP contribution in [0.1, 0.15) is 5.56 Å². The van der Waals surface area contributed by atoms with Gasteiger partial charge in [0.1, 0.15) is 11.5 Å². The van der Waals surface area contributed by atoms with Crippen molar-refractivity contribution in [1.82, 2.24) is 19.7 Å². The predicted octanol–water partition coefficient (Wildman–Crippen LogP) is 4.24. The molecular weight excluding hydrogens is 396 g/mol. The Kier molecular flexibility index (Phi) is 6.20. The molecule has 0 spiro atoms. The number of carbonyl (C=O) groups is 1. The molecule has 0 N–H and O–H groups in total. The number of nitrogens with zero attached hydrogens (tertiary/aromatic N) is 4. The van der Waals surface area contributed by atoms with Crippen LogP contribution in [0, 0.1) is 0 Å². The molecule has 2 aromatic heterocycles. The zero-order valence-corrected chi connectivity index (χ0v) is 17.2. The van der Waals surface area contributed by atoms with E-state index in [0.29, 0.717) is 23.2 Å². The molecule has 150 valence electrons. The van der Waals surface area contributed by atoms with Gasteiger partial charge in [-0.2, -0.15) is 0 Å². The van der Waals surface area contributed by atoms with Crippen LogP contribution in [0.25, 0.3) is 17.1 Å². The van der Waals surface area contributed by atoms with Gasteiger partial charge in [0, 0.05) is 30.1 Å². The summed E-state index contributed by atoms with van der Waals surface area (Å²) in [5.74, 6) is 1.93. The normalized spacial score (nSPS) is 10.7. The van der Waals surface area contributed by atoms with Crippen LogP contribution in [-0.2, 0) is 11.2 Å². The number of carbonyl (C=O) groups excluding carboxylic acids is 1. The highest BCUT2D eigenvalue weighted by atomic mass is 32.2. The molecule has 2 aromatic carbocycles. The van der Waals surface area contributed by atoms with Gasteiger partial charge in [-0.25, -0.2) is 0 Å². The van der Waals surface area contributed by atoms with E-state index >= 15 is 0 Å². The number of ether oxygens (including phenoxy) is 1. The van der Waals surface area contributed by atoms with Crippen LogP contribution in [0.5, 0.6) is 5.75 Å². The highest BCUT2D eigenvalue weighted by Crippen LogP contribution is 2.27. The molecule has 4 aromatic rings. The Labute approximate surface area is 179 Å². The van der Waals surface area contributed by atoms with Gasteiger partial charge in [-0.15, -0.1) is 10.2 Å². The molecule has 4 rings (SSSR count). The second-order valence-electron chi connectivity index (χ2n) is 6.57. The van der Waals surface area contributed by atoms with Crippen LogP contribution in [-0.4, -0.2) is 38.4 Å². The minimum atomic E-state index is 0.123. The van der Waals surface area contributed by atoms with Gasteiger partial charge in [-0.3, -0.25) is 14.3 Å². The number of hydrogen-bond donors (Lipinski definition) is 0. The molecule has 6 nitrogen and oxygen atoms in total. The maximum absolute atomic E-state index is 12.5. The number of hydrogen-bond acceptors (Lipinski definition) is 6. The average Bonchev–Trinajstić information content (AvgIpc) is 3.23. The molecule has 0 amide bonds. The van der Waals surface area contributed by atoms with Crippen molar-refractivity contribution in [3.05, 3.63) is 84.7 Å². The first-order valence-electron chi connectivity index (χ1n) is 9.43. The first kappa shape index (κ1) is 19.8. The van der Waals surface area contributed by atoms with Crippen molar-refractivity contribution in [3.63, 3.8) is 0 Å². The van der Waals surface area contributed by atoms with Crippen LogP contribution in [0.2, 0.25) is 0 Å². The van der Waals surface area contributed by atoms with Crippen LogP contribution in [0.4, 0.5) is 0 Å². The second-order valence-corrected chi connectivity index (χ2v) is 7.51. The van der Waals surface area contributed by atoms with Crippen molar-refractivity contribution >= 4 is 17.5 Å². The van der Waals surface area contributed by atoms with E-state index in [1.807, 2.05) is 71.3 Å². The van der Waals surface area contributed by atoms with E-state index in [1.165, 1.54) is 11.8 Å². The Morgan fingerprint density at radius 1 is 0.967 bits per heavy atom. The zero-order valence-electron chi connectivity index (χ0n) is 16.4. The number of ketones is 1. The summed E-state index contributed by atoms with van der Waals surface area (Å²) in [5.41, 5.74) is 2.82. The van der Waals surface area contributed by atoms with Crippen molar-refractivity contribution in [2.24, 2.45) is 0 Å². The molecule has 0 saturated heterocycles. The monoisotopic (exact) mass is 416 g/mol. The van der Waals surface area contributed by atoms with Gasteiger partial charge in [0.05, 0.1) is 12.9 Å². The standard InChI is InChI=1S/C23H20N4O2S/c1-29-21-9-7-17(8-10-21)15-20(28)16-30-23-26-25-22(18-11-13-24-14-12-18)27(23)19-5-3-2-4-6-19/h2-14H,15-16H2,1H3. The van der Waals surface area contributed by atoms with E-state index < -0.39 is 0 Å². The average molecular weight is 417 g/mol. The maximum atomic E-state index is 12.5. The van der Waals surface area contributed by atoms with Gasteiger partial charge in [0.15, 0.2) is 11.0 Å². The maximum Gasteiger partial charge on any atom is 0.196 e. The van der Waals surface area contributed by atoms with Gasteiger partial charge >= 0.3 is 0 Å². The number of thioether (sulfide) groups is 1. The molecule has 0 aliphatic rings. The molecular formula is C23H20N4O2S. The van der Waals surface area contributed by atoms with Gasteiger partial charge in [-0.1, -0.05) is 42.1 Å². The Morgan fingerprint density at radius 3 is 2.40 bits per heavy atom. The summed E-state index contributed by atoms with van der Waals surface area (Å²) in [6.07, 6.45) is 3.82. The molecule has 0 unspecified atom stereocenters. The van der Waals surface area contributed by atoms with Crippen molar-refractivity contribution < 1.29 is 9.53 Å². The van der Waals surface area contributed by atoms with Crippen LogP contribution in [0.3, 0.4) is 0 Å². The first-order chi connectivity index (χ1) is 14.7. The third kappa shape index (κ3) is 4.58. The van der Waals surface area contributed by atoms with Gasteiger partial charge in [0.2, 0.25) is 0 Å². The molecule has 0 atom stereocenters. The topological polar surface area (TPSA) is 69.9 Å². The van der Waals surface area contributed by atoms with E-state index in [1.54, 1.807) is 19.5 Å². The number of Topliss-reactive ketones (excluding diaryl/α,β-unsaturated/α-hetero) is 1. The number of rotatable bonds is 8. The number of methoxy groups -OCH3 is 1. The minimum absolute atomic E-state index is 0.123. The van der Waals surface area contributed by atoms with Crippen LogP contribution >= 0.6 is 11.8 Å². The molecule has 0 aliphatic carbocycles. The molecule has 7 heteroatoms. The number of pyridine rings is 1. The summed E-state index contributed by atoms with van der Waals surface area (Å²) in [7, 11) is 1.62. The second kappa shape index (κ2) is 9.37. The van der Waals surface area contributed by atoms with E-state index in [4.69, 9.17) is 4.74 Å². The third-order valence-corrected chi connectivity index (χ3v) is 5.50. The van der Waals surface area contributed by atoms with Crippen molar-refractivity contribution in [1.29, 1.82) is 0 Å². The van der Waals surface area contributed by atoms with E-state index in [0.717, 1.165) is 22.6 Å². The lowest BCUT2D eigenvalue weighted by molar-refractivity contribution is -0.116. The fraction of sp³-hybridized carbons (Fsp3) is 0.130.